The summed E-state index contributed by atoms with van der Waals surface area (Å²) in [5, 5.41) is 0. The summed E-state index contributed by atoms with van der Waals surface area (Å²) < 4.78 is 10.7. The maximum atomic E-state index is 12.5. The number of piperidine rings is 1. The summed E-state index contributed by atoms with van der Waals surface area (Å²) in [6.45, 7) is 8.25. The van der Waals surface area contributed by atoms with E-state index < -0.39 is 0 Å². The normalized spacial score (nSPS) is 15.4. The zero-order valence-corrected chi connectivity index (χ0v) is 14.8. The van der Waals surface area contributed by atoms with Gasteiger partial charge in [-0.1, -0.05) is 13.8 Å². The van der Waals surface area contributed by atoms with Crippen LogP contribution in [0.4, 0.5) is 0 Å². The Morgan fingerprint density at radius 1 is 1.17 bits per heavy atom. The van der Waals surface area contributed by atoms with E-state index in [1.54, 1.807) is 17.0 Å². The van der Waals surface area contributed by atoms with E-state index in [-0.39, 0.29) is 17.8 Å². The third kappa shape index (κ3) is 4.98. The van der Waals surface area contributed by atoms with Crippen LogP contribution in [0.3, 0.4) is 0 Å². The Balaban J connectivity index is 1.87. The Labute approximate surface area is 143 Å². The molecule has 0 N–H and O–H groups in total. The lowest BCUT2D eigenvalue weighted by molar-refractivity contribution is -0.149. The summed E-state index contributed by atoms with van der Waals surface area (Å²) in [6.07, 6.45) is 1.33. The quantitative estimate of drug-likeness (QED) is 0.751. The summed E-state index contributed by atoms with van der Waals surface area (Å²) >= 11 is 0. The topological polar surface area (TPSA) is 55.8 Å². The molecule has 0 unspecified atom stereocenters. The molecule has 1 heterocycles. The average Bonchev–Trinajstić information content (AvgIpc) is 2.60. The minimum Gasteiger partial charge on any atom is -0.493 e. The Kier molecular flexibility index (Phi) is 6.64. The third-order valence-electron chi connectivity index (χ3n) is 4.09. The van der Waals surface area contributed by atoms with Crippen molar-refractivity contribution in [2.45, 2.75) is 33.6 Å². The number of esters is 1. The molecule has 132 valence electrons. The van der Waals surface area contributed by atoms with E-state index in [9.17, 15) is 9.59 Å². The van der Waals surface area contributed by atoms with Gasteiger partial charge in [-0.2, -0.15) is 0 Å². The minimum absolute atomic E-state index is 0.00715. The van der Waals surface area contributed by atoms with Gasteiger partial charge in [0.1, 0.15) is 5.75 Å². The fourth-order valence-electron chi connectivity index (χ4n) is 2.72. The second-order valence-electron chi connectivity index (χ2n) is 6.55. The standard InChI is InChI=1S/C19H27NO4/c1-4-23-19(22)16-9-11-20(12-10-16)18(21)15-5-7-17(8-6-15)24-13-14(2)3/h5-8,14,16H,4,9-13H2,1-3H3. The van der Waals surface area contributed by atoms with Crippen molar-refractivity contribution in [1.82, 2.24) is 4.90 Å². The number of hydrogen-bond acceptors (Lipinski definition) is 4. The number of benzene rings is 1. The molecule has 0 radical (unpaired) electrons. The Bertz CT molecular complexity index is 545. The highest BCUT2D eigenvalue weighted by molar-refractivity contribution is 5.94. The van der Waals surface area contributed by atoms with Crippen LogP contribution < -0.4 is 4.74 Å². The molecule has 0 bridgehead atoms. The van der Waals surface area contributed by atoms with E-state index in [2.05, 4.69) is 13.8 Å². The van der Waals surface area contributed by atoms with Crippen LogP contribution in [0.1, 0.15) is 44.0 Å². The van der Waals surface area contributed by atoms with Gasteiger partial charge in [-0.05, 0) is 49.9 Å². The summed E-state index contributed by atoms with van der Waals surface area (Å²) in [5.41, 5.74) is 0.654. The maximum Gasteiger partial charge on any atom is 0.309 e. The van der Waals surface area contributed by atoms with Crippen LogP contribution in [0.25, 0.3) is 0 Å². The smallest absolute Gasteiger partial charge is 0.309 e. The van der Waals surface area contributed by atoms with Gasteiger partial charge < -0.3 is 14.4 Å². The molecule has 1 saturated heterocycles. The lowest BCUT2D eigenvalue weighted by Gasteiger charge is -2.31. The van der Waals surface area contributed by atoms with Gasteiger partial charge in [-0.25, -0.2) is 0 Å². The monoisotopic (exact) mass is 333 g/mol. The van der Waals surface area contributed by atoms with Crippen LogP contribution in [-0.2, 0) is 9.53 Å². The van der Waals surface area contributed by atoms with Crippen molar-refractivity contribution in [2.24, 2.45) is 11.8 Å². The number of carbonyl (C=O) groups is 2. The van der Waals surface area contributed by atoms with Crippen molar-refractivity contribution in [3.63, 3.8) is 0 Å². The number of carbonyl (C=O) groups excluding carboxylic acids is 2. The van der Waals surface area contributed by atoms with Crippen LogP contribution >= 0.6 is 0 Å². The Morgan fingerprint density at radius 2 is 1.79 bits per heavy atom. The zero-order valence-electron chi connectivity index (χ0n) is 14.8. The van der Waals surface area contributed by atoms with Crippen LogP contribution in [0, 0.1) is 11.8 Å². The number of amides is 1. The van der Waals surface area contributed by atoms with Crippen molar-refractivity contribution < 1.29 is 19.1 Å². The molecule has 0 atom stereocenters. The van der Waals surface area contributed by atoms with Gasteiger partial charge in [-0.15, -0.1) is 0 Å². The Hall–Kier alpha value is -2.04. The average molecular weight is 333 g/mol. The number of likely N-dealkylation sites (tertiary alicyclic amines) is 1. The lowest BCUT2D eigenvalue weighted by Crippen LogP contribution is -2.40. The second kappa shape index (κ2) is 8.71. The fourth-order valence-corrected chi connectivity index (χ4v) is 2.72. The van der Waals surface area contributed by atoms with Crippen molar-refractivity contribution in [2.75, 3.05) is 26.3 Å². The van der Waals surface area contributed by atoms with Gasteiger partial charge in [0.15, 0.2) is 0 Å². The second-order valence-corrected chi connectivity index (χ2v) is 6.55. The molecule has 1 aliphatic heterocycles. The molecule has 1 amide bonds. The highest BCUT2D eigenvalue weighted by Gasteiger charge is 2.28. The van der Waals surface area contributed by atoms with Crippen LogP contribution in [0.5, 0.6) is 5.75 Å². The summed E-state index contributed by atoms with van der Waals surface area (Å²) in [6, 6.07) is 7.27. The van der Waals surface area contributed by atoms with E-state index in [1.165, 1.54) is 0 Å². The highest BCUT2D eigenvalue weighted by atomic mass is 16.5. The molecule has 0 aliphatic carbocycles. The van der Waals surface area contributed by atoms with Crippen LogP contribution in [0.15, 0.2) is 24.3 Å². The van der Waals surface area contributed by atoms with E-state index >= 15 is 0 Å². The van der Waals surface area contributed by atoms with E-state index in [0.717, 1.165) is 5.75 Å². The molecule has 1 aromatic rings. The summed E-state index contributed by atoms with van der Waals surface area (Å²) in [7, 11) is 0. The first-order valence-electron chi connectivity index (χ1n) is 8.70. The molecular weight excluding hydrogens is 306 g/mol. The molecule has 0 spiro atoms. The van der Waals surface area contributed by atoms with Crippen LogP contribution in [-0.4, -0.2) is 43.1 Å². The predicted molar refractivity (Wildman–Crippen MR) is 92.0 cm³/mol. The molecular formula is C19H27NO4. The van der Waals surface area contributed by atoms with Crippen molar-refractivity contribution >= 4 is 11.9 Å². The third-order valence-corrected chi connectivity index (χ3v) is 4.09. The number of ether oxygens (including phenoxy) is 2. The van der Waals surface area contributed by atoms with E-state index in [4.69, 9.17) is 9.47 Å². The molecule has 0 aromatic heterocycles. The predicted octanol–water partition coefficient (Wildman–Crippen LogP) is 3.14. The van der Waals surface area contributed by atoms with Gasteiger partial charge in [0.25, 0.3) is 5.91 Å². The van der Waals surface area contributed by atoms with Crippen molar-refractivity contribution in [3.8, 4) is 5.75 Å². The lowest BCUT2D eigenvalue weighted by atomic mass is 9.96. The van der Waals surface area contributed by atoms with Gasteiger partial charge >= 0.3 is 5.97 Å². The first-order chi connectivity index (χ1) is 11.5. The van der Waals surface area contributed by atoms with E-state index in [1.807, 2.05) is 19.1 Å². The van der Waals surface area contributed by atoms with Gasteiger partial charge in [0, 0.05) is 18.7 Å². The first-order valence-corrected chi connectivity index (χ1v) is 8.70. The first kappa shape index (κ1) is 18.3. The number of nitrogens with zero attached hydrogens (tertiary/aromatic N) is 1. The SMILES string of the molecule is CCOC(=O)C1CCN(C(=O)c2ccc(OCC(C)C)cc2)CC1. The highest BCUT2D eigenvalue weighted by Crippen LogP contribution is 2.21. The molecule has 1 aromatic carbocycles. The van der Waals surface area contributed by atoms with Gasteiger partial charge in [0.05, 0.1) is 19.1 Å². The molecule has 5 heteroatoms. The zero-order chi connectivity index (χ0) is 17.5. The maximum absolute atomic E-state index is 12.5. The Morgan fingerprint density at radius 3 is 2.33 bits per heavy atom. The molecule has 24 heavy (non-hydrogen) atoms. The summed E-state index contributed by atoms with van der Waals surface area (Å²) in [5.74, 6) is 1.03. The molecule has 5 nitrogen and oxygen atoms in total. The summed E-state index contributed by atoms with van der Waals surface area (Å²) in [4.78, 5) is 26.1. The fraction of sp³-hybridized carbons (Fsp3) is 0.579. The molecule has 1 fully saturated rings. The minimum atomic E-state index is -0.142. The molecule has 2 rings (SSSR count). The number of rotatable bonds is 6. The van der Waals surface area contributed by atoms with E-state index in [0.29, 0.717) is 50.6 Å². The van der Waals surface area contributed by atoms with Crippen molar-refractivity contribution in [1.29, 1.82) is 0 Å². The van der Waals surface area contributed by atoms with Gasteiger partial charge in [0.2, 0.25) is 0 Å². The number of hydrogen-bond donors (Lipinski definition) is 0. The molecule has 1 aliphatic rings. The largest absolute Gasteiger partial charge is 0.493 e. The van der Waals surface area contributed by atoms with Gasteiger partial charge in [-0.3, -0.25) is 9.59 Å². The van der Waals surface area contributed by atoms with Crippen LogP contribution in [0.2, 0.25) is 0 Å². The van der Waals surface area contributed by atoms with Crippen molar-refractivity contribution in [3.05, 3.63) is 29.8 Å². The molecule has 0 saturated carbocycles.